The lowest BCUT2D eigenvalue weighted by Gasteiger charge is -2.18. The second kappa shape index (κ2) is 6.29. The molecule has 22 heavy (non-hydrogen) atoms. The number of carbonyl (C=O) groups excluding carboxylic acids is 1. The Morgan fingerprint density at radius 2 is 2.05 bits per heavy atom. The summed E-state index contributed by atoms with van der Waals surface area (Å²) in [7, 11) is 1.69. The van der Waals surface area contributed by atoms with Crippen LogP contribution in [0.15, 0.2) is 29.6 Å². The number of hydrogen-bond donors (Lipinski definition) is 0. The summed E-state index contributed by atoms with van der Waals surface area (Å²) in [5.41, 5.74) is 1.89. The van der Waals surface area contributed by atoms with Gasteiger partial charge in [-0.05, 0) is 12.1 Å². The molecule has 0 atom stereocenters. The maximum Gasteiger partial charge on any atom is 0.232 e. The molecule has 1 aromatic heterocycles. The third-order valence-corrected chi connectivity index (χ3v) is 4.60. The van der Waals surface area contributed by atoms with E-state index in [1.807, 2.05) is 11.4 Å². The van der Waals surface area contributed by atoms with E-state index >= 15 is 0 Å². The van der Waals surface area contributed by atoms with Gasteiger partial charge in [-0.15, -0.1) is 11.3 Å². The van der Waals surface area contributed by atoms with Crippen molar-refractivity contribution in [3.05, 3.63) is 45.9 Å². The van der Waals surface area contributed by atoms with Gasteiger partial charge in [0.2, 0.25) is 5.91 Å². The smallest absolute Gasteiger partial charge is 0.232 e. The Morgan fingerprint density at radius 1 is 1.36 bits per heavy atom. The monoisotopic (exact) mass is 313 g/mol. The van der Waals surface area contributed by atoms with Crippen molar-refractivity contribution in [2.45, 2.75) is 32.6 Å². The number of rotatable bonds is 3. The summed E-state index contributed by atoms with van der Waals surface area (Å²) in [6.07, 6.45) is 0.239. The number of likely N-dealkylation sites (N-methyl/N-ethyl adjacent to an activating group) is 1. The third kappa shape index (κ3) is 3.52. The Balaban J connectivity index is 2.15. The molecule has 0 saturated carbocycles. The molecular formula is C17H19N3OS. The van der Waals surface area contributed by atoms with E-state index in [1.165, 1.54) is 4.90 Å². The van der Waals surface area contributed by atoms with E-state index in [0.29, 0.717) is 11.3 Å². The second-order valence-corrected chi connectivity index (χ2v) is 7.01. The minimum atomic E-state index is -0.0755. The summed E-state index contributed by atoms with van der Waals surface area (Å²) >= 11 is 1.58. The van der Waals surface area contributed by atoms with Gasteiger partial charge in [-0.2, -0.15) is 5.26 Å². The zero-order valence-corrected chi connectivity index (χ0v) is 14.1. The van der Waals surface area contributed by atoms with Crippen LogP contribution in [0.3, 0.4) is 0 Å². The predicted octanol–water partition coefficient (Wildman–Crippen LogP) is 3.52. The van der Waals surface area contributed by atoms with Gasteiger partial charge in [0.05, 0.1) is 28.4 Å². The fourth-order valence-corrected chi connectivity index (χ4v) is 2.91. The van der Waals surface area contributed by atoms with Crippen molar-refractivity contribution in [1.82, 2.24) is 4.98 Å². The van der Waals surface area contributed by atoms with Gasteiger partial charge < -0.3 is 4.90 Å². The Kier molecular flexibility index (Phi) is 4.62. The number of para-hydroxylation sites is 1. The highest BCUT2D eigenvalue weighted by Gasteiger charge is 2.20. The molecule has 0 aliphatic heterocycles. The van der Waals surface area contributed by atoms with Crippen LogP contribution in [0.4, 0.5) is 5.69 Å². The lowest BCUT2D eigenvalue weighted by atomic mass is 9.98. The molecule has 0 bridgehead atoms. The van der Waals surface area contributed by atoms with Gasteiger partial charge in [0.1, 0.15) is 6.07 Å². The first-order valence-electron chi connectivity index (χ1n) is 7.03. The van der Waals surface area contributed by atoms with Crippen LogP contribution in [0, 0.1) is 11.3 Å². The van der Waals surface area contributed by atoms with E-state index in [9.17, 15) is 4.79 Å². The van der Waals surface area contributed by atoms with Crippen LogP contribution in [-0.2, 0) is 16.6 Å². The van der Waals surface area contributed by atoms with Crippen molar-refractivity contribution in [2.24, 2.45) is 0 Å². The van der Waals surface area contributed by atoms with Crippen LogP contribution >= 0.6 is 11.3 Å². The Bertz CT molecular complexity index is 722. The maximum absolute atomic E-state index is 12.4. The van der Waals surface area contributed by atoms with Gasteiger partial charge >= 0.3 is 0 Å². The van der Waals surface area contributed by atoms with Gasteiger partial charge in [0, 0.05) is 17.8 Å². The summed E-state index contributed by atoms with van der Waals surface area (Å²) in [6, 6.07) is 9.20. The van der Waals surface area contributed by atoms with E-state index < -0.39 is 0 Å². The lowest BCUT2D eigenvalue weighted by Crippen LogP contribution is -2.28. The van der Waals surface area contributed by atoms with Gasteiger partial charge in [-0.1, -0.05) is 32.9 Å². The molecule has 5 heteroatoms. The van der Waals surface area contributed by atoms with Crippen LogP contribution in [0.5, 0.6) is 0 Å². The van der Waals surface area contributed by atoms with Gasteiger partial charge in [0.25, 0.3) is 0 Å². The van der Waals surface area contributed by atoms with Crippen molar-refractivity contribution in [2.75, 3.05) is 11.9 Å². The fraction of sp³-hybridized carbons (Fsp3) is 0.353. The molecular weight excluding hydrogens is 294 g/mol. The molecule has 0 unspecified atom stereocenters. The Labute approximate surface area is 135 Å². The van der Waals surface area contributed by atoms with E-state index in [2.05, 4.69) is 31.8 Å². The lowest BCUT2D eigenvalue weighted by molar-refractivity contribution is -0.117. The highest BCUT2D eigenvalue weighted by Crippen LogP contribution is 2.26. The van der Waals surface area contributed by atoms with Crippen LogP contribution in [0.2, 0.25) is 0 Å². The van der Waals surface area contributed by atoms with Crippen molar-refractivity contribution in [3.8, 4) is 6.07 Å². The zero-order valence-electron chi connectivity index (χ0n) is 13.3. The first-order chi connectivity index (χ1) is 10.3. The summed E-state index contributed by atoms with van der Waals surface area (Å²) in [6.45, 7) is 6.31. The molecule has 0 aliphatic carbocycles. The van der Waals surface area contributed by atoms with Gasteiger partial charge in [0.15, 0.2) is 0 Å². The summed E-state index contributed by atoms with van der Waals surface area (Å²) in [5, 5.41) is 12.1. The topological polar surface area (TPSA) is 57.0 Å². The van der Waals surface area contributed by atoms with Gasteiger partial charge in [-0.25, -0.2) is 4.98 Å². The molecule has 114 valence electrons. The molecule has 1 aromatic carbocycles. The van der Waals surface area contributed by atoms with Crippen LogP contribution < -0.4 is 4.90 Å². The van der Waals surface area contributed by atoms with E-state index in [0.717, 1.165) is 10.7 Å². The molecule has 0 radical (unpaired) electrons. The first kappa shape index (κ1) is 16.2. The maximum atomic E-state index is 12.4. The second-order valence-electron chi connectivity index (χ2n) is 6.15. The molecule has 1 amide bonds. The van der Waals surface area contributed by atoms with Crippen molar-refractivity contribution in [1.29, 1.82) is 5.26 Å². The summed E-state index contributed by atoms with van der Waals surface area (Å²) in [4.78, 5) is 18.5. The molecule has 1 heterocycles. The van der Waals surface area contributed by atoms with E-state index in [4.69, 9.17) is 5.26 Å². The third-order valence-electron chi connectivity index (χ3n) is 3.29. The molecule has 2 rings (SSSR count). The number of amides is 1. The van der Waals surface area contributed by atoms with Crippen molar-refractivity contribution in [3.63, 3.8) is 0 Å². The van der Waals surface area contributed by atoms with E-state index in [1.54, 1.807) is 36.6 Å². The predicted molar refractivity (Wildman–Crippen MR) is 89.1 cm³/mol. The number of benzene rings is 1. The van der Waals surface area contributed by atoms with Gasteiger partial charge in [-0.3, -0.25) is 4.79 Å². The minimum absolute atomic E-state index is 0.00866. The number of nitriles is 1. The number of thiazole rings is 1. The highest BCUT2D eigenvalue weighted by molar-refractivity contribution is 7.09. The van der Waals surface area contributed by atoms with Crippen LogP contribution in [0.1, 0.15) is 37.0 Å². The number of aromatic nitrogens is 1. The molecule has 0 N–H and O–H groups in total. The van der Waals surface area contributed by atoms with E-state index in [-0.39, 0.29) is 17.7 Å². The SMILES string of the molecule is CN(C(=O)Cc1csc(C(C)(C)C)n1)c1ccccc1C#N. The van der Waals surface area contributed by atoms with Crippen LogP contribution in [-0.4, -0.2) is 17.9 Å². The standard InChI is InChI=1S/C17H19N3OS/c1-17(2,3)16-19-13(11-22-16)9-15(21)20(4)14-8-6-5-7-12(14)10-18/h5-8,11H,9H2,1-4H3. The average molecular weight is 313 g/mol. The highest BCUT2D eigenvalue weighted by atomic mass is 32.1. The van der Waals surface area contributed by atoms with Crippen LogP contribution in [0.25, 0.3) is 0 Å². The number of anilines is 1. The molecule has 4 nitrogen and oxygen atoms in total. The molecule has 0 aliphatic rings. The minimum Gasteiger partial charge on any atom is -0.314 e. The average Bonchev–Trinajstić information content (AvgIpc) is 2.95. The molecule has 2 aromatic rings. The number of hydrogen-bond acceptors (Lipinski definition) is 4. The number of carbonyl (C=O) groups is 1. The fourth-order valence-electron chi connectivity index (χ4n) is 2.00. The largest absolute Gasteiger partial charge is 0.314 e. The Hall–Kier alpha value is -2.19. The molecule has 0 fully saturated rings. The quantitative estimate of drug-likeness (QED) is 0.871. The molecule has 0 saturated heterocycles. The summed E-state index contributed by atoms with van der Waals surface area (Å²) < 4.78 is 0. The van der Waals surface area contributed by atoms with Crippen molar-refractivity contribution >= 4 is 22.9 Å². The first-order valence-corrected chi connectivity index (χ1v) is 7.91. The van der Waals surface area contributed by atoms with Crippen molar-refractivity contribution < 1.29 is 4.79 Å². The normalized spacial score (nSPS) is 11.0. The zero-order chi connectivity index (χ0) is 16.3. The number of nitrogens with zero attached hydrogens (tertiary/aromatic N) is 3. The summed E-state index contributed by atoms with van der Waals surface area (Å²) in [5.74, 6) is -0.0755. The Morgan fingerprint density at radius 3 is 2.64 bits per heavy atom. The molecule has 0 spiro atoms.